The summed E-state index contributed by atoms with van der Waals surface area (Å²) in [5, 5.41) is 0. The van der Waals surface area contributed by atoms with Gasteiger partial charge >= 0.3 is 0 Å². The summed E-state index contributed by atoms with van der Waals surface area (Å²) >= 11 is 0. The van der Waals surface area contributed by atoms with Gasteiger partial charge in [0.2, 0.25) is 0 Å². The van der Waals surface area contributed by atoms with Crippen LogP contribution in [0.25, 0.3) is 0 Å². The van der Waals surface area contributed by atoms with Gasteiger partial charge in [0.15, 0.2) is 6.29 Å². The molecule has 0 saturated carbocycles. The molecule has 0 aliphatic heterocycles. The molecule has 0 saturated heterocycles. The highest BCUT2D eigenvalue weighted by atomic mass is 16.7. The minimum absolute atomic E-state index is 0.00327. The summed E-state index contributed by atoms with van der Waals surface area (Å²) in [5.41, 5.74) is 0. The number of ether oxygens (including phenoxy) is 2. The van der Waals surface area contributed by atoms with E-state index in [0.29, 0.717) is 0 Å². The van der Waals surface area contributed by atoms with Crippen LogP contribution in [0.2, 0.25) is 0 Å². The molecule has 0 atom stereocenters. The summed E-state index contributed by atoms with van der Waals surface area (Å²) in [7, 11) is 0. The Kier molecular flexibility index (Phi) is 14.0. The highest BCUT2D eigenvalue weighted by Gasteiger charge is 2.06. The van der Waals surface area contributed by atoms with Crippen molar-refractivity contribution < 1.29 is 9.47 Å². The minimum atomic E-state index is -0.00327. The van der Waals surface area contributed by atoms with E-state index < -0.39 is 0 Å². The number of hydrogen-bond donors (Lipinski definition) is 0. The van der Waals surface area contributed by atoms with E-state index in [2.05, 4.69) is 31.2 Å². The third-order valence-electron chi connectivity index (χ3n) is 2.61. The molecule has 0 aromatic rings. The van der Waals surface area contributed by atoms with Crippen molar-refractivity contribution >= 4 is 0 Å². The molecular formula is C16H30O2. The molecule has 0 aliphatic carbocycles. The van der Waals surface area contributed by atoms with Crippen LogP contribution in [0.3, 0.4) is 0 Å². The molecular weight excluding hydrogens is 224 g/mol. The molecule has 2 heteroatoms. The van der Waals surface area contributed by atoms with E-state index >= 15 is 0 Å². The smallest absolute Gasteiger partial charge is 0.157 e. The van der Waals surface area contributed by atoms with Crippen LogP contribution < -0.4 is 0 Å². The summed E-state index contributed by atoms with van der Waals surface area (Å²) in [5.74, 6) is 0. The lowest BCUT2D eigenvalue weighted by molar-refractivity contribution is -0.140. The molecule has 0 aliphatic rings. The zero-order valence-electron chi connectivity index (χ0n) is 12.4. The SMILES string of the molecule is CC/C=C\C/C=C\CCCCC(OCC)OCC. The Morgan fingerprint density at radius 3 is 2.11 bits per heavy atom. The van der Waals surface area contributed by atoms with E-state index in [4.69, 9.17) is 9.47 Å². The molecule has 106 valence electrons. The van der Waals surface area contributed by atoms with E-state index in [-0.39, 0.29) is 6.29 Å². The standard InChI is InChI=1S/C16H30O2/c1-4-7-8-9-10-11-12-13-14-15-16(17-5-2)18-6-3/h7-8,10-11,16H,4-6,9,12-15H2,1-3H3/b8-7-,11-10-. The van der Waals surface area contributed by atoms with Crippen LogP contribution in [-0.4, -0.2) is 19.5 Å². The summed E-state index contributed by atoms with van der Waals surface area (Å²) in [6, 6.07) is 0. The van der Waals surface area contributed by atoms with Crippen molar-refractivity contribution in [2.75, 3.05) is 13.2 Å². The Hall–Kier alpha value is -0.600. The fourth-order valence-corrected chi connectivity index (χ4v) is 1.72. The van der Waals surface area contributed by atoms with Gasteiger partial charge in [0, 0.05) is 13.2 Å². The second kappa shape index (κ2) is 14.5. The largest absolute Gasteiger partial charge is 0.353 e. The first-order chi connectivity index (χ1) is 8.85. The van der Waals surface area contributed by atoms with Crippen LogP contribution in [-0.2, 0) is 9.47 Å². The highest BCUT2D eigenvalue weighted by molar-refractivity contribution is 4.92. The summed E-state index contributed by atoms with van der Waals surface area (Å²) in [6.07, 6.45) is 15.7. The predicted octanol–water partition coefficient (Wildman–Crippen LogP) is 4.86. The maximum absolute atomic E-state index is 5.51. The van der Waals surface area contributed by atoms with E-state index in [1.165, 1.54) is 12.8 Å². The molecule has 0 amide bonds. The van der Waals surface area contributed by atoms with Gasteiger partial charge in [0.05, 0.1) is 0 Å². The topological polar surface area (TPSA) is 18.5 Å². The van der Waals surface area contributed by atoms with Gasteiger partial charge in [-0.2, -0.15) is 0 Å². The Balaban J connectivity index is 3.44. The normalized spacial score (nSPS) is 12.2. The maximum Gasteiger partial charge on any atom is 0.157 e. The molecule has 18 heavy (non-hydrogen) atoms. The van der Waals surface area contributed by atoms with Crippen molar-refractivity contribution in [3.63, 3.8) is 0 Å². The lowest BCUT2D eigenvalue weighted by atomic mass is 10.1. The van der Waals surface area contributed by atoms with Gasteiger partial charge in [-0.1, -0.05) is 31.2 Å². The molecule has 0 aromatic heterocycles. The van der Waals surface area contributed by atoms with E-state index in [9.17, 15) is 0 Å². The third-order valence-corrected chi connectivity index (χ3v) is 2.61. The van der Waals surface area contributed by atoms with E-state index in [0.717, 1.165) is 38.9 Å². The average molecular weight is 254 g/mol. The monoisotopic (exact) mass is 254 g/mol. The quantitative estimate of drug-likeness (QED) is 0.281. The molecule has 0 spiro atoms. The number of rotatable bonds is 12. The molecule has 0 rings (SSSR count). The van der Waals surface area contributed by atoms with Crippen molar-refractivity contribution in [3.05, 3.63) is 24.3 Å². The Morgan fingerprint density at radius 1 is 0.833 bits per heavy atom. The number of allylic oxidation sites excluding steroid dienone is 4. The molecule has 0 unspecified atom stereocenters. The minimum Gasteiger partial charge on any atom is -0.353 e. The zero-order valence-corrected chi connectivity index (χ0v) is 12.4. The average Bonchev–Trinajstić information content (AvgIpc) is 2.37. The van der Waals surface area contributed by atoms with Crippen LogP contribution in [0.5, 0.6) is 0 Å². The fraction of sp³-hybridized carbons (Fsp3) is 0.750. The summed E-state index contributed by atoms with van der Waals surface area (Å²) in [6.45, 7) is 7.65. The van der Waals surface area contributed by atoms with Gasteiger partial charge in [0.1, 0.15) is 0 Å². The molecule has 0 aromatic carbocycles. The molecule has 0 bridgehead atoms. The van der Waals surface area contributed by atoms with E-state index in [1.54, 1.807) is 0 Å². The van der Waals surface area contributed by atoms with Crippen molar-refractivity contribution in [2.45, 2.75) is 65.6 Å². The van der Waals surface area contributed by atoms with Crippen molar-refractivity contribution in [1.82, 2.24) is 0 Å². The predicted molar refractivity (Wildman–Crippen MR) is 78.7 cm³/mol. The Bertz CT molecular complexity index is 203. The van der Waals surface area contributed by atoms with Crippen LogP contribution in [0, 0.1) is 0 Å². The van der Waals surface area contributed by atoms with Gasteiger partial charge in [-0.15, -0.1) is 0 Å². The number of unbranched alkanes of at least 4 members (excludes halogenated alkanes) is 2. The number of hydrogen-bond acceptors (Lipinski definition) is 2. The Labute approximate surface area is 113 Å². The van der Waals surface area contributed by atoms with Gasteiger partial charge in [-0.25, -0.2) is 0 Å². The first-order valence-electron chi connectivity index (χ1n) is 7.38. The molecule has 0 heterocycles. The van der Waals surface area contributed by atoms with Crippen LogP contribution in [0.1, 0.15) is 59.3 Å². The molecule has 0 fully saturated rings. The maximum atomic E-state index is 5.51. The van der Waals surface area contributed by atoms with Crippen molar-refractivity contribution in [2.24, 2.45) is 0 Å². The third kappa shape index (κ3) is 11.9. The first kappa shape index (κ1) is 17.4. The van der Waals surface area contributed by atoms with Gasteiger partial charge < -0.3 is 9.47 Å². The second-order valence-corrected chi connectivity index (χ2v) is 4.21. The summed E-state index contributed by atoms with van der Waals surface area (Å²) in [4.78, 5) is 0. The molecule has 0 N–H and O–H groups in total. The van der Waals surface area contributed by atoms with Gasteiger partial charge in [-0.05, 0) is 52.4 Å². The van der Waals surface area contributed by atoms with Crippen LogP contribution >= 0.6 is 0 Å². The zero-order chi connectivity index (χ0) is 13.5. The fourth-order valence-electron chi connectivity index (χ4n) is 1.72. The lowest BCUT2D eigenvalue weighted by Crippen LogP contribution is -2.17. The summed E-state index contributed by atoms with van der Waals surface area (Å²) < 4.78 is 11.0. The van der Waals surface area contributed by atoms with Crippen molar-refractivity contribution in [1.29, 1.82) is 0 Å². The van der Waals surface area contributed by atoms with Gasteiger partial charge in [0.25, 0.3) is 0 Å². The first-order valence-corrected chi connectivity index (χ1v) is 7.38. The Morgan fingerprint density at radius 2 is 1.50 bits per heavy atom. The molecule has 0 radical (unpaired) electrons. The van der Waals surface area contributed by atoms with Crippen molar-refractivity contribution in [3.8, 4) is 0 Å². The second-order valence-electron chi connectivity index (χ2n) is 4.21. The van der Waals surface area contributed by atoms with Crippen LogP contribution in [0.4, 0.5) is 0 Å². The lowest BCUT2D eigenvalue weighted by Gasteiger charge is -2.16. The van der Waals surface area contributed by atoms with E-state index in [1.807, 2.05) is 13.8 Å². The highest BCUT2D eigenvalue weighted by Crippen LogP contribution is 2.09. The van der Waals surface area contributed by atoms with Crippen LogP contribution in [0.15, 0.2) is 24.3 Å². The molecule has 2 nitrogen and oxygen atoms in total. The van der Waals surface area contributed by atoms with Gasteiger partial charge in [-0.3, -0.25) is 0 Å².